The normalized spacial score (nSPS) is 16.8. The molecule has 0 radical (unpaired) electrons. The highest BCUT2D eigenvalue weighted by Gasteiger charge is 2.24. The number of aryl methyl sites for hydroxylation is 2. The molecule has 1 atom stereocenters. The number of thiophene rings is 1. The van der Waals surface area contributed by atoms with Crippen molar-refractivity contribution in [3.63, 3.8) is 0 Å². The summed E-state index contributed by atoms with van der Waals surface area (Å²) in [5.74, 6) is 1.70. The number of nitrogens with zero attached hydrogens (tertiary/aromatic N) is 1. The second-order valence-electron chi connectivity index (χ2n) is 7.38. The largest absolute Gasteiger partial charge is 0.464 e. The molecule has 0 amide bonds. The number of pyridine rings is 1. The Morgan fingerprint density at radius 1 is 1.12 bits per heavy atom. The minimum Gasteiger partial charge on any atom is -0.464 e. The number of furan rings is 1. The molecule has 1 unspecified atom stereocenters. The predicted molar refractivity (Wildman–Crippen MR) is 109 cm³/mol. The van der Waals surface area contributed by atoms with Gasteiger partial charge in [0.05, 0.1) is 12.0 Å². The molecule has 1 aromatic carbocycles. The summed E-state index contributed by atoms with van der Waals surface area (Å²) >= 11 is 1.88. The van der Waals surface area contributed by atoms with Crippen molar-refractivity contribution in [2.45, 2.75) is 33.1 Å². The highest BCUT2D eigenvalue weighted by Crippen LogP contribution is 2.43. The highest BCUT2D eigenvalue weighted by molar-refractivity contribution is 7.19. The van der Waals surface area contributed by atoms with Crippen molar-refractivity contribution in [1.29, 1.82) is 0 Å². The zero-order valence-electron chi connectivity index (χ0n) is 15.1. The van der Waals surface area contributed by atoms with Crippen LogP contribution in [0.3, 0.4) is 0 Å². The fraction of sp³-hybridized carbons (Fsp3) is 0.261. The van der Waals surface area contributed by atoms with Gasteiger partial charge in [0, 0.05) is 21.4 Å². The SMILES string of the molecule is Cc1ccccc1-c1cc(-c2ccco2)c2c3c(sc2n1)CC(C)CC3. The van der Waals surface area contributed by atoms with Crippen molar-refractivity contribution < 1.29 is 4.42 Å². The van der Waals surface area contributed by atoms with Gasteiger partial charge in [-0.2, -0.15) is 0 Å². The summed E-state index contributed by atoms with van der Waals surface area (Å²) in [6, 6.07) is 14.7. The third-order valence-corrected chi connectivity index (χ3v) is 6.62. The van der Waals surface area contributed by atoms with E-state index in [4.69, 9.17) is 9.40 Å². The van der Waals surface area contributed by atoms with Crippen molar-refractivity contribution in [1.82, 2.24) is 4.98 Å². The van der Waals surface area contributed by atoms with Gasteiger partial charge < -0.3 is 4.42 Å². The van der Waals surface area contributed by atoms with Crippen molar-refractivity contribution in [3.05, 3.63) is 64.7 Å². The van der Waals surface area contributed by atoms with Gasteiger partial charge in [0.15, 0.2) is 0 Å². The Morgan fingerprint density at radius 2 is 2.00 bits per heavy atom. The Hall–Kier alpha value is -2.39. The average molecular weight is 359 g/mol. The predicted octanol–water partition coefficient (Wildman–Crippen LogP) is 6.66. The van der Waals surface area contributed by atoms with Gasteiger partial charge in [-0.15, -0.1) is 11.3 Å². The first-order chi connectivity index (χ1) is 12.7. The molecule has 1 aliphatic rings. The highest BCUT2D eigenvalue weighted by atomic mass is 32.1. The lowest BCUT2D eigenvalue weighted by Gasteiger charge is -2.18. The molecule has 2 nitrogen and oxygen atoms in total. The number of fused-ring (bicyclic) bond motifs is 3. The molecule has 1 aliphatic carbocycles. The molecule has 0 saturated carbocycles. The molecule has 130 valence electrons. The summed E-state index contributed by atoms with van der Waals surface area (Å²) in [6.45, 7) is 4.50. The number of rotatable bonds is 2. The van der Waals surface area contributed by atoms with Crippen LogP contribution in [0.1, 0.15) is 29.3 Å². The number of aromatic nitrogens is 1. The third kappa shape index (κ3) is 2.50. The van der Waals surface area contributed by atoms with Gasteiger partial charge in [-0.25, -0.2) is 4.98 Å². The van der Waals surface area contributed by atoms with Gasteiger partial charge in [-0.1, -0.05) is 31.2 Å². The topological polar surface area (TPSA) is 26.0 Å². The summed E-state index contributed by atoms with van der Waals surface area (Å²) in [5, 5.41) is 1.31. The van der Waals surface area contributed by atoms with E-state index in [9.17, 15) is 0 Å². The molecule has 0 spiro atoms. The first-order valence-corrected chi connectivity index (χ1v) is 10.1. The van der Waals surface area contributed by atoms with E-state index in [1.165, 1.54) is 45.4 Å². The molecule has 3 heterocycles. The van der Waals surface area contributed by atoms with Crippen LogP contribution in [-0.2, 0) is 12.8 Å². The molecule has 0 aliphatic heterocycles. The van der Waals surface area contributed by atoms with Crippen LogP contribution < -0.4 is 0 Å². The van der Waals surface area contributed by atoms with Crippen molar-refractivity contribution >= 4 is 21.6 Å². The van der Waals surface area contributed by atoms with E-state index in [0.29, 0.717) is 0 Å². The summed E-state index contributed by atoms with van der Waals surface area (Å²) in [5.41, 5.74) is 6.17. The second kappa shape index (κ2) is 6.10. The Kier molecular flexibility index (Phi) is 3.71. The lowest BCUT2D eigenvalue weighted by Crippen LogP contribution is -2.08. The quantitative estimate of drug-likeness (QED) is 0.400. The molecule has 0 saturated heterocycles. The average Bonchev–Trinajstić information content (AvgIpc) is 3.28. The number of benzene rings is 1. The van der Waals surface area contributed by atoms with Crippen LogP contribution in [0.5, 0.6) is 0 Å². The molecule has 5 rings (SSSR count). The second-order valence-corrected chi connectivity index (χ2v) is 8.46. The van der Waals surface area contributed by atoms with E-state index in [-0.39, 0.29) is 0 Å². The lowest BCUT2D eigenvalue weighted by atomic mass is 9.88. The van der Waals surface area contributed by atoms with Crippen LogP contribution in [0.15, 0.2) is 53.1 Å². The standard InChI is InChI=1S/C23H21NOS/c1-14-9-10-17-21(12-14)26-23-22(17)18(20-8-5-11-25-20)13-19(24-23)16-7-4-3-6-15(16)2/h3-8,11,13-14H,9-10,12H2,1-2H3. The van der Waals surface area contributed by atoms with Gasteiger partial charge >= 0.3 is 0 Å². The van der Waals surface area contributed by atoms with E-state index in [1.54, 1.807) is 6.26 Å². The monoisotopic (exact) mass is 359 g/mol. The van der Waals surface area contributed by atoms with Crippen molar-refractivity contribution in [3.8, 4) is 22.6 Å². The van der Waals surface area contributed by atoms with E-state index in [2.05, 4.69) is 50.2 Å². The first kappa shape index (κ1) is 15.8. The van der Waals surface area contributed by atoms with Gasteiger partial charge in [-0.3, -0.25) is 0 Å². The third-order valence-electron chi connectivity index (χ3n) is 5.47. The summed E-state index contributed by atoms with van der Waals surface area (Å²) in [4.78, 5) is 7.75. The van der Waals surface area contributed by atoms with Crippen LogP contribution >= 0.6 is 11.3 Å². The maximum absolute atomic E-state index is 5.81. The molecular weight excluding hydrogens is 338 g/mol. The fourth-order valence-corrected chi connectivity index (χ4v) is 5.48. The minimum atomic E-state index is 0.762. The zero-order valence-corrected chi connectivity index (χ0v) is 15.9. The molecule has 0 fully saturated rings. The molecular formula is C23H21NOS. The molecule has 0 bridgehead atoms. The number of hydrogen-bond donors (Lipinski definition) is 0. The molecule has 26 heavy (non-hydrogen) atoms. The Morgan fingerprint density at radius 3 is 2.81 bits per heavy atom. The molecule has 3 aromatic heterocycles. The number of hydrogen-bond acceptors (Lipinski definition) is 3. The summed E-state index contributed by atoms with van der Waals surface area (Å²) in [7, 11) is 0. The summed E-state index contributed by atoms with van der Waals surface area (Å²) in [6.07, 6.45) is 5.34. The maximum Gasteiger partial charge on any atom is 0.134 e. The molecule has 4 aromatic rings. The van der Waals surface area contributed by atoms with E-state index >= 15 is 0 Å². The Labute approximate surface area is 157 Å². The minimum absolute atomic E-state index is 0.762. The molecule has 3 heteroatoms. The maximum atomic E-state index is 5.81. The smallest absolute Gasteiger partial charge is 0.134 e. The fourth-order valence-electron chi connectivity index (χ4n) is 4.07. The molecule has 0 N–H and O–H groups in total. The first-order valence-electron chi connectivity index (χ1n) is 9.26. The van der Waals surface area contributed by atoms with Gasteiger partial charge in [0.25, 0.3) is 0 Å². The van der Waals surface area contributed by atoms with Crippen LogP contribution in [0.25, 0.3) is 32.8 Å². The van der Waals surface area contributed by atoms with Crippen molar-refractivity contribution in [2.75, 3.05) is 0 Å². The van der Waals surface area contributed by atoms with Crippen LogP contribution in [0.4, 0.5) is 0 Å². The van der Waals surface area contributed by atoms with Crippen molar-refractivity contribution in [2.24, 2.45) is 5.92 Å². The van der Waals surface area contributed by atoms with Gasteiger partial charge in [0.1, 0.15) is 10.6 Å². The van der Waals surface area contributed by atoms with Gasteiger partial charge in [0.2, 0.25) is 0 Å². The van der Waals surface area contributed by atoms with E-state index < -0.39 is 0 Å². The summed E-state index contributed by atoms with van der Waals surface area (Å²) < 4.78 is 5.81. The van der Waals surface area contributed by atoms with E-state index in [1.807, 2.05) is 17.4 Å². The zero-order chi connectivity index (χ0) is 17.7. The Balaban J connectivity index is 1.82. The van der Waals surface area contributed by atoms with E-state index in [0.717, 1.165) is 28.6 Å². The van der Waals surface area contributed by atoms with Crippen LogP contribution in [-0.4, -0.2) is 4.98 Å². The van der Waals surface area contributed by atoms with Crippen LogP contribution in [0.2, 0.25) is 0 Å². The van der Waals surface area contributed by atoms with Crippen LogP contribution in [0, 0.1) is 12.8 Å². The lowest BCUT2D eigenvalue weighted by molar-refractivity contribution is 0.509. The Bertz CT molecular complexity index is 1090. The van der Waals surface area contributed by atoms with Gasteiger partial charge in [-0.05, 0) is 61.4 Å².